The lowest BCUT2D eigenvalue weighted by Crippen LogP contribution is -2.35. The summed E-state index contributed by atoms with van der Waals surface area (Å²) in [5.41, 5.74) is 5.23. The van der Waals surface area contributed by atoms with Crippen molar-refractivity contribution in [2.75, 3.05) is 0 Å². The van der Waals surface area contributed by atoms with Gasteiger partial charge in [-0.1, -0.05) is 6.92 Å². The molecule has 0 aliphatic heterocycles. The highest BCUT2D eigenvalue weighted by molar-refractivity contribution is 5.85. The van der Waals surface area contributed by atoms with E-state index in [2.05, 4.69) is 0 Å². The lowest BCUT2D eigenvalue weighted by Gasteiger charge is -2.20. The van der Waals surface area contributed by atoms with E-state index in [0.29, 0.717) is 6.42 Å². The topological polar surface area (TPSA) is 63.3 Å². The van der Waals surface area contributed by atoms with Gasteiger partial charge < -0.3 is 10.8 Å². The lowest BCUT2D eigenvalue weighted by atomic mass is 9.93. The quantitative estimate of drug-likeness (QED) is 0.689. The van der Waals surface area contributed by atoms with E-state index in [-0.39, 0.29) is 23.9 Å². The van der Waals surface area contributed by atoms with E-state index in [1.165, 1.54) is 0 Å². The maximum Gasteiger partial charge on any atom is 0.306 e. The zero-order chi connectivity index (χ0) is 8.36. The summed E-state index contributed by atoms with van der Waals surface area (Å²) in [5, 5.41) is 8.49. The molecule has 0 bridgehead atoms. The van der Waals surface area contributed by atoms with Crippen LogP contribution in [0.2, 0.25) is 0 Å². The second kappa shape index (κ2) is 4.57. The van der Waals surface area contributed by atoms with Crippen molar-refractivity contribution in [1.82, 2.24) is 0 Å². The first kappa shape index (κ1) is 13.3. The molecule has 3 N–H and O–H groups in total. The molecule has 4 heteroatoms. The number of aliphatic carboxylic acids is 1. The van der Waals surface area contributed by atoms with E-state index >= 15 is 0 Å². The Morgan fingerprint density at radius 1 is 1.64 bits per heavy atom. The second-order valence-electron chi connectivity index (χ2n) is 3.43. The van der Waals surface area contributed by atoms with Gasteiger partial charge in [-0.15, -0.1) is 12.4 Å². The molecule has 68 valence electrons. The molecule has 0 aliphatic rings. The highest BCUT2D eigenvalue weighted by Gasteiger charge is 2.19. The molecule has 0 aromatic carbocycles. The summed E-state index contributed by atoms with van der Waals surface area (Å²) in [4.78, 5) is 10.3. The van der Waals surface area contributed by atoms with Crippen LogP contribution >= 0.6 is 12.4 Å². The van der Waals surface area contributed by atoms with Crippen molar-refractivity contribution in [2.24, 2.45) is 11.7 Å². The summed E-state index contributed by atoms with van der Waals surface area (Å²) in [5.74, 6) is -1.13. The van der Waals surface area contributed by atoms with Gasteiger partial charge in [-0.05, 0) is 20.3 Å². The van der Waals surface area contributed by atoms with Gasteiger partial charge in [0.1, 0.15) is 0 Å². The number of hydrogen-bond acceptors (Lipinski definition) is 2. The van der Waals surface area contributed by atoms with Gasteiger partial charge in [0.2, 0.25) is 0 Å². The predicted octanol–water partition coefficient (Wildman–Crippen LogP) is 1.26. The number of hydrogen-bond donors (Lipinski definition) is 2. The van der Waals surface area contributed by atoms with Crippen molar-refractivity contribution in [2.45, 2.75) is 32.7 Å². The van der Waals surface area contributed by atoms with E-state index in [4.69, 9.17) is 10.8 Å². The van der Waals surface area contributed by atoms with Crippen LogP contribution in [0, 0.1) is 5.92 Å². The first-order valence-corrected chi connectivity index (χ1v) is 3.34. The lowest BCUT2D eigenvalue weighted by molar-refractivity contribution is -0.141. The Balaban J connectivity index is 0. The van der Waals surface area contributed by atoms with Crippen molar-refractivity contribution < 1.29 is 9.90 Å². The van der Waals surface area contributed by atoms with Crippen LogP contribution in [0.3, 0.4) is 0 Å². The number of rotatable bonds is 3. The second-order valence-corrected chi connectivity index (χ2v) is 3.43. The van der Waals surface area contributed by atoms with E-state index in [0.717, 1.165) is 0 Å². The van der Waals surface area contributed by atoms with Crippen LogP contribution in [0.15, 0.2) is 0 Å². The average molecular weight is 182 g/mol. The molecule has 0 aromatic heterocycles. The zero-order valence-corrected chi connectivity index (χ0v) is 7.94. The molecule has 0 rings (SSSR count). The smallest absolute Gasteiger partial charge is 0.306 e. The number of halogens is 1. The fourth-order valence-electron chi connectivity index (χ4n) is 0.876. The van der Waals surface area contributed by atoms with Gasteiger partial charge in [0.25, 0.3) is 0 Å². The highest BCUT2D eigenvalue weighted by atomic mass is 35.5. The molecule has 1 atom stereocenters. The Morgan fingerprint density at radius 3 is 2.09 bits per heavy atom. The van der Waals surface area contributed by atoms with Crippen molar-refractivity contribution in [1.29, 1.82) is 0 Å². The summed E-state index contributed by atoms with van der Waals surface area (Å²) < 4.78 is 0. The Labute approximate surface area is 73.4 Å². The Kier molecular flexibility index (Phi) is 5.53. The van der Waals surface area contributed by atoms with Gasteiger partial charge in [0.15, 0.2) is 0 Å². The molecule has 11 heavy (non-hydrogen) atoms. The normalized spacial score (nSPS) is 13.5. The highest BCUT2D eigenvalue weighted by Crippen LogP contribution is 2.12. The van der Waals surface area contributed by atoms with Gasteiger partial charge in [0.05, 0.1) is 5.92 Å². The van der Waals surface area contributed by atoms with E-state index in [1.807, 2.05) is 13.8 Å². The molecule has 0 aromatic rings. The molecular weight excluding hydrogens is 166 g/mol. The summed E-state index contributed by atoms with van der Waals surface area (Å²) in [6.45, 7) is 5.32. The number of carboxylic acid groups (broad SMARTS) is 1. The van der Waals surface area contributed by atoms with Crippen molar-refractivity contribution in [3.8, 4) is 0 Å². The molecule has 0 heterocycles. The molecule has 1 unspecified atom stereocenters. The third-order valence-electron chi connectivity index (χ3n) is 1.25. The van der Waals surface area contributed by atoms with Crippen LogP contribution in [0.1, 0.15) is 27.2 Å². The fourth-order valence-corrected chi connectivity index (χ4v) is 0.876. The molecule has 0 radical (unpaired) electrons. The third kappa shape index (κ3) is 7.62. The van der Waals surface area contributed by atoms with Crippen LogP contribution in [-0.2, 0) is 4.79 Å². The van der Waals surface area contributed by atoms with Crippen LogP contribution in [0.25, 0.3) is 0 Å². The molecule has 0 amide bonds. The van der Waals surface area contributed by atoms with Crippen LogP contribution in [-0.4, -0.2) is 16.6 Å². The SMILES string of the molecule is CC(CC(C)(C)N)C(=O)O.Cl. The first-order chi connectivity index (χ1) is 4.33. The standard InChI is InChI=1S/C7H15NO2.ClH/c1-5(6(9)10)4-7(2,3)8;/h5H,4,8H2,1-3H3,(H,9,10);1H. The Bertz CT molecular complexity index is 131. The average Bonchev–Trinajstić information content (AvgIpc) is 1.60. The molecule has 0 saturated heterocycles. The van der Waals surface area contributed by atoms with E-state index in [1.54, 1.807) is 6.92 Å². The van der Waals surface area contributed by atoms with Crippen LogP contribution in [0.4, 0.5) is 0 Å². The minimum Gasteiger partial charge on any atom is -0.481 e. The van der Waals surface area contributed by atoms with Crippen molar-refractivity contribution in [3.63, 3.8) is 0 Å². The maximum atomic E-state index is 10.3. The van der Waals surface area contributed by atoms with Crippen molar-refractivity contribution >= 4 is 18.4 Å². The molecule has 0 fully saturated rings. The third-order valence-corrected chi connectivity index (χ3v) is 1.25. The monoisotopic (exact) mass is 181 g/mol. The molecular formula is C7H16ClNO2. The van der Waals surface area contributed by atoms with Crippen LogP contribution < -0.4 is 5.73 Å². The summed E-state index contributed by atoms with van der Waals surface area (Å²) >= 11 is 0. The summed E-state index contributed by atoms with van der Waals surface area (Å²) in [7, 11) is 0. The molecule has 3 nitrogen and oxygen atoms in total. The van der Waals surface area contributed by atoms with Gasteiger partial charge in [-0.3, -0.25) is 4.79 Å². The number of carboxylic acids is 1. The minimum atomic E-state index is -0.779. The van der Waals surface area contributed by atoms with Gasteiger partial charge >= 0.3 is 5.97 Å². The van der Waals surface area contributed by atoms with E-state index < -0.39 is 5.97 Å². The molecule has 0 aliphatic carbocycles. The van der Waals surface area contributed by atoms with Gasteiger partial charge in [0, 0.05) is 5.54 Å². The van der Waals surface area contributed by atoms with E-state index in [9.17, 15) is 4.79 Å². The maximum absolute atomic E-state index is 10.3. The number of nitrogens with two attached hydrogens (primary N) is 1. The van der Waals surface area contributed by atoms with Gasteiger partial charge in [-0.25, -0.2) is 0 Å². The van der Waals surface area contributed by atoms with Crippen molar-refractivity contribution in [3.05, 3.63) is 0 Å². The largest absolute Gasteiger partial charge is 0.481 e. The zero-order valence-electron chi connectivity index (χ0n) is 7.13. The fraction of sp³-hybridized carbons (Fsp3) is 0.857. The number of carbonyl (C=O) groups is 1. The molecule has 0 saturated carbocycles. The predicted molar refractivity (Wildman–Crippen MR) is 46.9 cm³/mol. The first-order valence-electron chi connectivity index (χ1n) is 3.34. The summed E-state index contributed by atoms with van der Waals surface area (Å²) in [6.07, 6.45) is 0.516. The minimum absolute atomic E-state index is 0. The molecule has 0 spiro atoms. The summed E-state index contributed by atoms with van der Waals surface area (Å²) in [6, 6.07) is 0. The van der Waals surface area contributed by atoms with Crippen LogP contribution in [0.5, 0.6) is 0 Å². The Morgan fingerprint density at radius 2 is 2.00 bits per heavy atom. The van der Waals surface area contributed by atoms with Gasteiger partial charge in [-0.2, -0.15) is 0 Å². The Hall–Kier alpha value is -0.280.